The third kappa shape index (κ3) is 2.23. The van der Waals surface area contributed by atoms with Crippen molar-refractivity contribution >= 4 is 13.1 Å². The molecular formula is C12H21BO4. The Labute approximate surface area is 103 Å². The quantitative estimate of drug-likeness (QED) is 0.559. The van der Waals surface area contributed by atoms with Crippen molar-refractivity contribution < 1.29 is 18.8 Å². The Balaban J connectivity index is 1.94. The highest BCUT2D eigenvalue weighted by Crippen LogP contribution is 2.53. The highest BCUT2D eigenvalue weighted by Gasteiger charge is 2.61. The molecule has 1 saturated heterocycles. The average molecular weight is 240 g/mol. The second kappa shape index (κ2) is 3.99. The molecule has 1 aliphatic heterocycles. The molecule has 2 fully saturated rings. The molecule has 5 heteroatoms. The Bertz CT molecular complexity index is 310. The first-order chi connectivity index (χ1) is 7.78. The van der Waals surface area contributed by atoms with Gasteiger partial charge in [-0.15, -0.1) is 0 Å². The first-order valence-corrected chi connectivity index (χ1v) is 6.31. The van der Waals surface area contributed by atoms with Crippen LogP contribution in [0.5, 0.6) is 0 Å². The molecule has 0 unspecified atom stereocenters. The van der Waals surface area contributed by atoms with Gasteiger partial charge < -0.3 is 14.0 Å². The minimum absolute atomic E-state index is 0.0374. The zero-order valence-electron chi connectivity index (χ0n) is 11.3. The molecule has 0 N–H and O–H groups in total. The molecule has 2 aliphatic rings. The molecule has 4 nitrogen and oxygen atoms in total. The van der Waals surface area contributed by atoms with E-state index < -0.39 is 0 Å². The second-order valence-electron chi connectivity index (χ2n) is 5.88. The Morgan fingerprint density at radius 3 is 2.29 bits per heavy atom. The van der Waals surface area contributed by atoms with E-state index in [2.05, 4.69) is 0 Å². The van der Waals surface area contributed by atoms with E-state index >= 15 is 0 Å². The lowest BCUT2D eigenvalue weighted by Gasteiger charge is -2.32. The van der Waals surface area contributed by atoms with Crippen LogP contribution in [0.15, 0.2) is 0 Å². The highest BCUT2D eigenvalue weighted by molar-refractivity contribution is 6.49. The molecule has 2 atom stereocenters. The second-order valence-corrected chi connectivity index (χ2v) is 5.88. The van der Waals surface area contributed by atoms with Gasteiger partial charge in [0.1, 0.15) is 0 Å². The molecule has 2 rings (SSSR count). The van der Waals surface area contributed by atoms with E-state index in [1.807, 2.05) is 34.6 Å². The van der Waals surface area contributed by atoms with Crippen LogP contribution in [0.1, 0.15) is 41.0 Å². The third-order valence-corrected chi connectivity index (χ3v) is 4.05. The lowest BCUT2D eigenvalue weighted by atomic mass is 9.80. The van der Waals surface area contributed by atoms with Crippen LogP contribution in [0.25, 0.3) is 0 Å². The predicted molar refractivity (Wildman–Crippen MR) is 64.6 cm³/mol. The first kappa shape index (κ1) is 12.9. The van der Waals surface area contributed by atoms with Crippen LogP contribution in [-0.4, -0.2) is 30.9 Å². The summed E-state index contributed by atoms with van der Waals surface area (Å²) in [6.07, 6.45) is 0.815. The molecule has 0 bridgehead atoms. The van der Waals surface area contributed by atoms with Crippen molar-refractivity contribution in [2.45, 2.75) is 58.1 Å². The maximum absolute atomic E-state index is 11.6. The summed E-state index contributed by atoms with van der Waals surface area (Å²) in [6, 6.07) is 0. The summed E-state index contributed by atoms with van der Waals surface area (Å²) in [4.78, 5) is 11.6. The molecule has 0 spiro atoms. The van der Waals surface area contributed by atoms with Crippen LogP contribution in [0.3, 0.4) is 0 Å². The van der Waals surface area contributed by atoms with Gasteiger partial charge >= 0.3 is 13.1 Å². The smallest absolute Gasteiger partial charge is 0.462 e. The van der Waals surface area contributed by atoms with E-state index in [0.717, 1.165) is 6.42 Å². The van der Waals surface area contributed by atoms with Crippen LogP contribution in [-0.2, 0) is 18.8 Å². The van der Waals surface area contributed by atoms with Crippen molar-refractivity contribution in [1.82, 2.24) is 0 Å². The van der Waals surface area contributed by atoms with Crippen molar-refractivity contribution in [3.05, 3.63) is 0 Å². The van der Waals surface area contributed by atoms with Gasteiger partial charge in [0.25, 0.3) is 0 Å². The molecule has 1 heterocycles. The van der Waals surface area contributed by atoms with Crippen molar-refractivity contribution in [3.63, 3.8) is 0 Å². The molecule has 96 valence electrons. The fourth-order valence-corrected chi connectivity index (χ4v) is 2.10. The summed E-state index contributed by atoms with van der Waals surface area (Å²) in [6.45, 7) is 10.3. The topological polar surface area (TPSA) is 44.8 Å². The standard InChI is InChI=1S/C12H21BO4/c1-6-15-10(14)8-7-9(8)13-16-11(2,3)12(4,5)17-13/h8-9H,6-7H2,1-5H3/t8-,9+/m1/s1. The van der Waals surface area contributed by atoms with E-state index in [-0.39, 0.29) is 36.0 Å². The molecule has 0 aromatic heterocycles. The van der Waals surface area contributed by atoms with E-state index in [0.29, 0.717) is 6.61 Å². The van der Waals surface area contributed by atoms with E-state index in [9.17, 15) is 4.79 Å². The summed E-state index contributed by atoms with van der Waals surface area (Å²) >= 11 is 0. The van der Waals surface area contributed by atoms with Gasteiger partial charge in [-0.25, -0.2) is 0 Å². The van der Waals surface area contributed by atoms with Crippen LogP contribution >= 0.6 is 0 Å². The van der Waals surface area contributed by atoms with Crippen molar-refractivity contribution in [3.8, 4) is 0 Å². The van der Waals surface area contributed by atoms with Crippen LogP contribution in [0.4, 0.5) is 0 Å². The zero-order chi connectivity index (χ0) is 12.8. The van der Waals surface area contributed by atoms with Crippen LogP contribution in [0.2, 0.25) is 5.82 Å². The van der Waals surface area contributed by atoms with Gasteiger partial charge in [-0.3, -0.25) is 4.79 Å². The fraction of sp³-hybridized carbons (Fsp3) is 0.917. The highest BCUT2D eigenvalue weighted by atomic mass is 16.7. The maximum atomic E-state index is 11.6. The monoisotopic (exact) mass is 240 g/mol. The Hall–Kier alpha value is -0.545. The average Bonchev–Trinajstić information content (AvgIpc) is 2.91. The Kier molecular flexibility index (Phi) is 3.03. The third-order valence-electron chi connectivity index (χ3n) is 4.05. The lowest BCUT2D eigenvalue weighted by Crippen LogP contribution is -2.41. The molecule has 1 aliphatic carbocycles. The molecule has 1 saturated carbocycles. The van der Waals surface area contributed by atoms with Gasteiger partial charge in [0.2, 0.25) is 0 Å². The normalized spacial score (nSPS) is 33.6. The van der Waals surface area contributed by atoms with Gasteiger partial charge in [0, 0.05) is 5.82 Å². The summed E-state index contributed by atoms with van der Waals surface area (Å²) < 4.78 is 16.8. The summed E-state index contributed by atoms with van der Waals surface area (Å²) in [5, 5.41) is 0. The predicted octanol–water partition coefficient (Wildman–Crippen LogP) is 2.03. The lowest BCUT2D eigenvalue weighted by molar-refractivity contribution is -0.144. The van der Waals surface area contributed by atoms with Gasteiger partial charge in [-0.05, 0) is 41.0 Å². The fourth-order valence-electron chi connectivity index (χ4n) is 2.10. The van der Waals surface area contributed by atoms with Crippen molar-refractivity contribution in [2.24, 2.45) is 5.92 Å². The summed E-state index contributed by atoms with van der Waals surface area (Å²) in [5.74, 6) is 0.00645. The minimum atomic E-state index is -0.320. The Morgan fingerprint density at radius 2 is 1.82 bits per heavy atom. The number of carbonyl (C=O) groups is 1. The molecule has 0 amide bonds. The van der Waals surface area contributed by atoms with Gasteiger partial charge in [0.05, 0.1) is 23.7 Å². The molecular weight excluding hydrogens is 219 g/mol. The number of esters is 1. The van der Waals surface area contributed by atoms with Crippen molar-refractivity contribution in [2.75, 3.05) is 6.61 Å². The number of carbonyl (C=O) groups excluding carboxylic acids is 1. The van der Waals surface area contributed by atoms with Gasteiger partial charge in [-0.1, -0.05) is 0 Å². The van der Waals surface area contributed by atoms with Gasteiger partial charge in [0.15, 0.2) is 0 Å². The van der Waals surface area contributed by atoms with Crippen LogP contribution < -0.4 is 0 Å². The van der Waals surface area contributed by atoms with E-state index in [1.165, 1.54) is 0 Å². The number of rotatable bonds is 3. The van der Waals surface area contributed by atoms with Crippen molar-refractivity contribution in [1.29, 1.82) is 0 Å². The summed E-state index contributed by atoms with van der Waals surface area (Å²) in [5.41, 5.74) is -0.640. The molecule has 0 aromatic carbocycles. The van der Waals surface area contributed by atoms with E-state index in [1.54, 1.807) is 0 Å². The van der Waals surface area contributed by atoms with Crippen LogP contribution in [0, 0.1) is 5.92 Å². The largest absolute Gasteiger partial charge is 0.466 e. The minimum Gasteiger partial charge on any atom is -0.466 e. The van der Waals surface area contributed by atoms with E-state index in [4.69, 9.17) is 14.0 Å². The number of hydrogen-bond acceptors (Lipinski definition) is 4. The molecule has 0 radical (unpaired) electrons. The maximum Gasteiger partial charge on any atom is 0.462 e. The SMILES string of the molecule is CCOC(=O)[C@@H]1C[C@@H]1B1OC(C)(C)C(C)(C)O1. The molecule has 0 aromatic rings. The molecule has 17 heavy (non-hydrogen) atoms. The first-order valence-electron chi connectivity index (χ1n) is 6.31. The Morgan fingerprint density at radius 1 is 1.29 bits per heavy atom. The summed E-state index contributed by atoms with van der Waals surface area (Å²) in [7, 11) is -0.269. The number of hydrogen-bond donors (Lipinski definition) is 0. The zero-order valence-corrected chi connectivity index (χ0v) is 11.3. The number of ether oxygens (including phenoxy) is 1. The van der Waals surface area contributed by atoms with Gasteiger partial charge in [-0.2, -0.15) is 0 Å².